The number of rotatable bonds is 0. The lowest BCUT2D eigenvalue weighted by Gasteiger charge is -2.17. The van der Waals surface area contributed by atoms with E-state index in [0.29, 0.717) is 0 Å². The van der Waals surface area contributed by atoms with Crippen LogP contribution >= 0.6 is 21.4 Å². The summed E-state index contributed by atoms with van der Waals surface area (Å²) in [6.45, 7) is 0. The first kappa shape index (κ1) is 21.6. The summed E-state index contributed by atoms with van der Waals surface area (Å²) in [6.07, 6.45) is 2.72. The van der Waals surface area contributed by atoms with E-state index in [-0.39, 0.29) is 5.78 Å². The second-order valence-electron chi connectivity index (χ2n) is 5.18. The van der Waals surface area contributed by atoms with Gasteiger partial charge in [0.1, 0.15) is 0 Å². The van der Waals surface area contributed by atoms with E-state index < -0.39 is 18.1 Å². The highest BCUT2D eigenvalue weighted by molar-refractivity contribution is 8.13. The molecule has 25 heavy (non-hydrogen) atoms. The van der Waals surface area contributed by atoms with Gasteiger partial charge in [0, 0.05) is 32.5 Å². The Morgan fingerprint density at radius 1 is 0.720 bits per heavy atom. The van der Waals surface area contributed by atoms with Crippen molar-refractivity contribution in [2.45, 2.75) is 6.42 Å². The lowest BCUT2D eigenvalue weighted by atomic mass is 9.85. The Hall–Kier alpha value is -1.41. The number of carbonyl (C=O) groups is 1. The highest BCUT2D eigenvalue weighted by Crippen LogP contribution is 2.26. The fourth-order valence-corrected chi connectivity index (χ4v) is 2.14. The van der Waals surface area contributed by atoms with Gasteiger partial charge in [-0.15, -0.1) is 0 Å². The Balaban J connectivity index is 0.000000262. The van der Waals surface area contributed by atoms with Crippen LogP contribution in [0.25, 0.3) is 0 Å². The van der Waals surface area contributed by atoms with Gasteiger partial charge in [0.2, 0.25) is 18.1 Å². The number of benzene rings is 2. The topological polar surface area (TPSA) is 85.3 Å². The van der Waals surface area contributed by atoms with E-state index in [2.05, 4.69) is 21.4 Å². The third-order valence-corrected chi connectivity index (χ3v) is 2.90. The van der Waals surface area contributed by atoms with Crippen molar-refractivity contribution in [1.82, 2.24) is 0 Å². The van der Waals surface area contributed by atoms with Crippen LogP contribution in [-0.4, -0.2) is 35.1 Å². The molecule has 0 heterocycles. The van der Waals surface area contributed by atoms with Crippen molar-refractivity contribution in [3.63, 3.8) is 0 Å². The fraction of sp³-hybridized carbons (Fsp3) is 0.188. The Bertz CT molecular complexity index is 874. The first-order valence-corrected chi connectivity index (χ1v) is 12.3. The van der Waals surface area contributed by atoms with Crippen LogP contribution in [0, 0.1) is 0 Å². The summed E-state index contributed by atoms with van der Waals surface area (Å²) in [6, 6.07) is 15.7. The SMILES string of the molecule is CS(=O)(=O)Cl.CS(=O)(=O)Cl.O=C1c2ccccc2Cc2ccccc21. The van der Waals surface area contributed by atoms with Crippen molar-refractivity contribution in [2.75, 3.05) is 12.5 Å². The van der Waals surface area contributed by atoms with Crippen LogP contribution in [0.5, 0.6) is 0 Å². The van der Waals surface area contributed by atoms with Crippen LogP contribution in [0.1, 0.15) is 27.0 Å². The Kier molecular flexibility index (Phi) is 7.62. The number of ketones is 1. The van der Waals surface area contributed by atoms with Crippen LogP contribution in [0.15, 0.2) is 48.5 Å². The highest BCUT2D eigenvalue weighted by Gasteiger charge is 2.21. The fourth-order valence-electron chi connectivity index (χ4n) is 2.14. The van der Waals surface area contributed by atoms with Gasteiger partial charge < -0.3 is 0 Å². The quantitative estimate of drug-likeness (QED) is 0.519. The largest absolute Gasteiger partial charge is 0.289 e. The van der Waals surface area contributed by atoms with Crippen LogP contribution in [0.4, 0.5) is 0 Å². The molecule has 0 atom stereocenters. The minimum Gasteiger partial charge on any atom is -0.289 e. The summed E-state index contributed by atoms with van der Waals surface area (Å²) in [5.41, 5.74) is 4.00. The molecular formula is C16H16Cl2O5S2. The molecule has 1 aliphatic carbocycles. The van der Waals surface area contributed by atoms with Crippen molar-refractivity contribution in [3.05, 3.63) is 70.8 Å². The first-order valence-electron chi connectivity index (χ1n) is 6.86. The van der Waals surface area contributed by atoms with E-state index in [1.807, 2.05) is 48.5 Å². The van der Waals surface area contributed by atoms with Crippen LogP contribution in [0.3, 0.4) is 0 Å². The number of halogens is 2. The average Bonchev–Trinajstić information content (AvgIpc) is 2.44. The van der Waals surface area contributed by atoms with Crippen molar-refractivity contribution in [2.24, 2.45) is 0 Å². The smallest absolute Gasteiger partial charge is 0.229 e. The molecular weight excluding hydrogens is 407 g/mol. The van der Waals surface area contributed by atoms with Gasteiger partial charge in [0.05, 0.1) is 12.5 Å². The zero-order valence-corrected chi connectivity index (χ0v) is 16.6. The molecule has 0 radical (unpaired) electrons. The molecule has 136 valence electrons. The van der Waals surface area contributed by atoms with E-state index in [0.717, 1.165) is 41.2 Å². The summed E-state index contributed by atoms with van der Waals surface area (Å²) in [5, 5.41) is 0. The normalized spacial score (nSPS) is 12.6. The zero-order chi connectivity index (χ0) is 19.3. The van der Waals surface area contributed by atoms with Gasteiger partial charge in [0.25, 0.3) is 0 Å². The standard InChI is InChI=1S/C14H10O.2CH3ClO2S/c15-14-12-7-3-1-5-10(12)9-11-6-2-4-8-13(11)14;2*1-5(2,3)4/h1-8H,9H2;2*1H3. The first-order chi connectivity index (χ1) is 11.4. The van der Waals surface area contributed by atoms with Gasteiger partial charge in [-0.2, -0.15) is 0 Å². The van der Waals surface area contributed by atoms with Crippen molar-refractivity contribution in [1.29, 1.82) is 0 Å². The zero-order valence-electron chi connectivity index (χ0n) is 13.4. The number of fused-ring (bicyclic) bond motifs is 2. The molecule has 0 fully saturated rings. The van der Waals surface area contributed by atoms with Crippen LogP contribution in [0.2, 0.25) is 0 Å². The molecule has 0 saturated heterocycles. The molecule has 1 aliphatic rings. The highest BCUT2D eigenvalue weighted by atomic mass is 35.7. The molecule has 0 amide bonds. The Morgan fingerprint density at radius 2 is 1.00 bits per heavy atom. The monoisotopic (exact) mass is 422 g/mol. The van der Waals surface area contributed by atoms with Crippen LogP contribution < -0.4 is 0 Å². The Morgan fingerprint density at radius 3 is 1.32 bits per heavy atom. The Labute approximate surface area is 156 Å². The van der Waals surface area contributed by atoms with Gasteiger partial charge in [-0.1, -0.05) is 48.5 Å². The molecule has 9 heteroatoms. The minimum atomic E-state index is -3.19. The average molecular weight is 423 g/mol. The van der Waals surface area contributed by atoms with Crippen molar-refractivity contribution >= 4 is 45.2 Å². The molecule has 0 unspecified atom stereocenters. The second-order valence-corrected chi connectivity index (χ2v) is 11.3. The molecule has 0 aromatic heterocycles. The summed E-state index contributed by atoms with van der Waals surface area (Å²) in [7, 11) is 2.62. The van der Waals surface area contributed by atoms with E-state index in [4.69, 9.17) is 0 Å². The van der Waals surface area contributed by atoms with Gasteiger partial charge in [-0.3, -0.25) is 4.79 Å². The van der Waals surface area contributed by atoms with E-state index >= 15 is 0 Å². The molecule has 0 bridgehead atoms. The number of carbonyl (C=O) groups excluding carboxylic acids is 1. The predicted molar refractivity (Wildman–Crippen MR) is 101 cm³/mol. The molecule has 3 rings (SSSR count). The predicted octanol–water partition coefficient (Wildman–Crippen LogP) is 3.19. The molecule has 0 N–H and O–H groups in total. The number of hydrogen-bond acceptors (Lipinski definition) is 5. The van der Waals surface area contributed by atoms with E-state index in [1.165, 1.54) is 0 Å². The molecule has 0 saturated carbocycles. The maximum absolute atomic E-state index is 12.1. The van der Waals surface area contributed by atoms with Crippen LogP contribution in [-0.2, 0) is 24.5 Å². The summed E-state index contributed by atoms with van der Waals surface area (Å²) in [4.78, 5) is 12.1. The van der Waals surface area contributed by atoms with E-state index in [9.17, 15) is 21.6 Å². The molecule has 5 nitrogen and oxygen atoms in total. The lowest BCUT2D eigenvalue weighted by Crippen LogP contribution is -2.14. The maximum Gasteiger partial charge on any atom is 0.229 e. The third-order valence-electron chi connectivity index (χ3n) is 2.90. The molecule has 2 aromatic rings. The summed E-state index contributed by atoms with van der Waals surface area (Å²) < 4.78 is 37.6. The summed E-state index contributed by atoms with van der Waals surface area (Å²) >= 11 is 0. The lowest BCUT2D eigenvalue weighted by molar-refractivity contribution is 0.103. The van der Waals surface area contributed by atoms with Crippen molar-refractivity contribution in [3.8, 4) is 0 Å². The molecule has 0 aliphatic heterocycles. The van der Waals surface area contributed by atoms with Gasteiger partial charge in [-0.05, 0) is 17.5 Å². The molecule has 0 spiro atoms. The molecule has 2 aromatic carbocycles. The van der Waals surface area contributed by atoms with Gasteiger partial charge in [0.15, 0.2) is 5.78 Å². The van der Waals surface area contributed by atoms with Gasteiger partial charge in [-0.25, -0.2) is 16.8 Å². The maximum atomic E-state index is 12.1. The minimum absolute atomic E-state index is 0.160. The third kappa shape index (κ3) is 9.02. The van der Waals surface area contributed by atoms with Crippen molar-refractivity contribution < 1.29 is 21.6 Å². The van der Waals surface area contributed by atoms with Gasteiger partial charge >= 0.3 is 0 Å². The van der Waals surface area contributed by atoms with E-state index in [1.54, 1.807) is 0 Å². The summed E-state index contributed by atoms with van der Waals surface area (Å²) in [5.74, 6) is 0.160. The second kappa shape index (κ2) is 8.80. The number of hydrogen-bond donors (Lipinski definition) is 0.